The van der Waals surface area contributed by atoms with E-state index in [-0.39, 0.29) is 0 Å². The summed E-state index contributed by atoms with van der Waals surface area (Å²) in [4.78, 5) is 6.89. The van der Waals surface area contributed by atoms with Crippen molar-refractivity contribution in [2.45, 2.75) is 67.2 Å². The Hall–Kier alpha value is -9.20. The number of aryl methyl sites for hydroxylation is 2. The maximum absolute atomic E-state index is 6.16. The summed E-state index contributed by atoms with van der Waals surface area (Å²) in [5.74, 6) is 3.38. The van der Waals surface area contributed by atoms with Crippen LogP contribution in [0.3, 0.4) is 0 Å². The van der Waals surface area contributed by atoms with Crippen LogP contribution in [0.5, 0.6) is 23.0 Å². The summed E-state index contributed by atoms with van der Waals surface area (Å²) in [5.41, 5.74) is 18.4. The molecule has 0 heterocycles. The molecule has 0 aromatic heterocycles. The fourth-order valence-electron chi connectivity index (χ4n) is 10.1. The number of hydrogen-bond donors (Lipinski definition) is 0. The molecule has 7 heteroatoms. The molecule has 0 bridgehead atoms. The second kappa shape index (κ2) is 26.6. The van der Waals surface area contributed by atoms with Crippen molar-refractivity contribution < 1.29 is 18.9 Å². The number of rotatable bonds is 24. The van der Waals surface area contributed by atoms with Crippen molar-refractivity contribution in [1.29, 1.82) is 0 Å². The Balaban J connectivity index is 1.06. The van der Waals surface area contributed by atoms with Gasteiger partial charge < -0.3 is 33.6 Å². The minimum Gasteiger partial charge on any atom is -0.494 e. The first-order chi connectivity index (χ1) is 39.8. The third-order valence-corrected chi connectivity index (χ3v) is 14.0. The average Bonchev–Trinajstić information content (AvgIpc) is 3.51. The molecule has 0 saturated heterocycles. The highest BCUT2D eigenvalue weighted by Crippen LogP contribution is 2.43. The van der Waals surface area contributed by atoms with Crippen LogP contribution in [0, 0.1) is 13.8 Å². The van der Waals surface area contributed by atoms with Gasteiger partial charge in [-0.2, -0.15) is 0 Å². The molecule has 0 spiro atoms. The van der Waals surface area contributed by atoms with E-state index in [9.17, 15) is 0 Å². The van der Waals surface area contributed by atoms with Crippen molar-refractivity contribution in [3.63, 3.8) is 0 Å². The van der Waals surface area contributed by atoms with Crippen molar-refractivity contribution in [3.05, 3.63) is 248 Å². The van der Waals surface area contributed by atoms with Gasteiger partial charge in [-0.25, -0.2) is 0 Å². The first-order valence-electron chi connectivity index (χ1n) is 28.7. The zero-order chi connectivity index (χ0) is 55.9. The molecular weight excluding hydrogens is 995 g/mol. The van der Waals surface area contributed by atoms with Gasteiger partial charge in [-0.15, -0.1) is 0 Å². The minimum absolute atomic E-state index is 0.651. The van der Waals surface area contributed by atoms with Gasteiger partial charge in [0.25, 0.3) is 0 Å². The Bertz CT molecular complexity index is 3440. The summed E-state index contributed by atoms with van der Waals surface area (Å²) in [6, 6.07) is 84.6. The first kappa shape index (κ1) is 55.1. The third kappa shape index (κ3) is 13.6. The third-order valence-electron chi connectivity index (χ3n) is 14.0. The van der Waals surface area contributed by atoms with Gasteiger partial charge in [-0.05, 0) is 211 Å². The summed E-state index contributed by atoms with van der Waals surface area (Å²) in [5, 5.41) is 0. The Morgan fingerprint density at radius 2 is 0.469 bits per heavy atom. The van der Waals surface area contributed by atoms with E-state index in [2.05, 4.69) is 269 Å². The van der Waals surface area contributed by atoms with E-state index in [1.807, 2.05) is 24.3 Å². The van der Waals surface area contributed by atoms with Crippen LogP contribution < -0.4 is 33.6 Å². The minimum atomic E-state index is 0.651. The lowest BCUT2D eigenvalue weighted by Crippen LogP contribution is -2.10. The van der Waals surface area contributed by atoms with Crippen LogP contribution in [0.4, 0.5) is 51.2 Å². The maximum Gasteiger partial charge on any atom is 0.121 e. The van der Waals surface area contributed by atoms with E-state index < -0.39 is 0 Å². The normalized spacial score (nSPS) is 11.0. The second-order valence-electron chi connectivity index (χ2n) is 20.5. The molecule has 0 unspecified atom stereocenters. The van der Waals surface area contributed by atoms with Crippen LogP contribution in [0.15, 0.2) is 237 Å². The molecule has 0 aliphatic rings. The SMILES string of the molecule is CCCOc1cccc(N(c2ccc(-c3cc(-c4ccc(N(c5cccc(C)c5)c5cccc(OCCC)c5)cc4)cc(-c4ccc(N(c5cccc(OCCC)c5)c5cccc(OCCC)c5)cc4)c3)cc2)c2cccc(C)c2)c1. The Morgan fingerprint density at radius 3 is 0.704 bits per heavy atom. The highest BCUT2D eigenvalue weighted by atomic mass is 16.5. The van der Waals surface area contributed by atoms with Gasteiger partial charge in [0.2, 0.25) is 0 Å². The molecule has 0 fully saturated rings. The Kier molecular flexibility index (Phi) is 18.1. The molecule has 7 nitrogen and oxygen atoms in total. The Morgan fingerprint density at radius 1 is 0.235 bits per heavy atom. The summed E-state index contributed by atoms with van der Waals surface area (Å²) in [6.45, 7) is 15.4. The molecule has 10 aromatic carbocycles. The lowest BCUT2D eigenvalue weighted by Gasteiger charge is -2.27. The molecule has 0 aliphatic heterocycles. The van der Waals surface area contributed by atoms with E-state index in [0.29, 0.717) is 26.4 Å². The fraction of sp³-hybridized carbons (Fsp3) is 0.189. The molecule has 81 heavy (non-hydrogen) atoms. The lowest BCUT2D eigenvalue weighted by atomic mass is 9.93. The monoisotopic (exact) mass is 1070 g/mol. The van der Waals surface area contributed by atoms with E-state index in [0.717, 1.165) is 133 Å². The van der Waals surface area contributed by atoms with Crippen LogP contribution in [0.2, 0.25) is 0 Å². The maximum atomic E-state index is 6.16. The smallest absolute Gasteiger partial charge is 0.121 e. The topological polar surface area (TPSA) is 46.6 Å². The molecular formula is C74H73N3O4. The largest absolute Gasteiger partial charge is 0.494 e. The molecule has 0 atom stereocenters. The van der Waals surface area contributed by atoms with Crippen LogP contribution in [-0.2, 0) is 0 Å². The van der Waals surface area contributed by atoms with Crippen LogP contribution >= 0.6 is 0 Å². The molecule has 0 N–H and O–H groups in total. The number of benzene rings is 10. The fourth-order valence-corrected chi connectivity index (χ4v) is 10.1. The number of ether oxygens (including phenoxy) is 4. The zero-order valence-corrected chi connectivity index (χ0v) is 47.6. The Labute approximate surface area is 480 Å². The van der Waals surface area contributed by atoms with E-state index >= 15 is 0 Å². The van der Waals surface area contributed by atoms with Crippen molar-refractivity contribution in [2.24, 2.45) is 0 Å². The van der Waals surface area contributed by atoms with Crippen LogP contribution in [-0.4, -0.2) is 26.4 Å². The quantitative estimate of drug-likeness (QED) is 0.0597. The predicted octanol–water partition coefficient (Wildman–Crippen LogP) is 20.9. The molecule has 0 amide bonds. The number of nitrogens with zero attached hydrogens (tertiary/aromatic N) is 3. The van der Waals surface area contributed by atoms with Crippen LogP contribution in [0.1, 0.15) is 64.5 Å². The molecule has 10 aromatic rings. The first-order valence-corrected chi connectivity index (χ1v) is 28.7. The molecule has 0 saturated carbocycles. The van der Waals surface area contributed by atoms with Gasteiger partial charge in [-0.3, -0.25) is 0 Å². The average molecular weight is 1070 g/mol. The van der Waals surface area contributed by atoms with Crippen molar-refractivity contribution in [1.82, 2.24) is 0 Å². The van der Waals surface area contributed by atoms with E-state index in [1.165, 1.54) is 11.1 Å². The van der Waals surface area contributed by atoms with Gasteiger partial charge >= 0.3 is 0 Å². The highest BCUT2D eigenvalue weighted by Gasteiger charge is 2.19. The number of anilines is 9. The van der Waals surface area contributed by atoms with E-state index in [1.54, 1.807) is 0 Å². The molecule has 0 radical (unpaired) electrons. The summed E-state index contributed by atoms with van der Waals surface area (Å²) < 4.78 is 24.6. The zero-order valence-electron chi connectivity index (χ0n) is 47.6. The van der Waals surface area contributed by atoms with Gasteiger partial charge in [0.05, 0.1) is 26.4 Å². The highest BCUT2D eigenvalue weighted by molar-refractivity contribution is 5.86. The molecule has 10 rings (SSSR count). The number of hydrogen-bond acceptors (Lipinski definition) is 7. The predicted molar refractivity (Wildman–Crippen MR) is 339 cm³/mol. The summed E-state index contributed by atoms with van der Waals surface area (Å²) in [6.07, 6.45) is 3.74. The van der Waals surface area contributed by atoms with Crippen molar-refractivity contribution >= 4 is 51.2 Å². The summed E-state index contributed by atoms with van der Waals surface area (Å²) >= 11 is 0. The molecule has 408 valence electrons. The van der Waals surface area contributed by atoms with Crippen LogP contribution in [0.25, 0.3) is 33.4 Å². The molecule has 0 aliphatic carbocycles. The standard InChI is InChI=1S/C74H73N3O4/c1-7-41-78-71-25-13-21-67(50-71)75(65-19-11-17-54(5)45-65)62-35-29-56(30-36-62)59-47-60(57-31-37-63(38-32-57)76(66-20-12-18-55(6)46-66)68-22-14-26-72(51-68)79-42-8-2)49-61(48-59)58-33-39-64(40-34-58)77(69-23-15-27-73(52-69)80-43-9-3)70-24-16-28-74(53-70)81-44-10-4/h11-40,45-53H,7-10,41-44H2,1-6H3. The van der Waals surface area contributed by atoms with Crippen molar-refractivity contribution in [3.8, 4) is 56.4 Å². The lowest BCUT2D eigenvalue weighted by molar-refractivity contribution is 0.317. The van der Waals surface area contributed by atoms with Gasteiger partial charge in [0.1, 0.15) is 23.0 Å². The summed E-state index contributed by atoms with van der Waals surface area (Å²) in [7, 11) is 0. The van der Waals surface area contributed by atoms with E-state index in [4.69, 9.17) is 18.9 Å². The van der Waals surface area contributed by atoms with Gasteiger partial charge in [-0.1, -0.05) is 113 Å². The second-order valence-corrected chi connectivity index (χ2v) is 20.5. The van der Waals surface area contributed by atoms with Gasteiger partial charge in [0.15, 0.2) is 0 Å². The van der Waals surface area contributed by atoms with Crippen molar-refractivity contribution in [2.75, 3.05) is 41.1 Å². The van der Waals surface area contributed by atoms with Gasteiger partial charge in [0, 0.05) is 75.5 Å².